The number of carbonyl (C=O) groups excluding carboxylic acids is 1. The van der Waals surface area contributed by atoms with Gasteiger partial charge in [0.15, 0.2) is 0 Å². The van der Waals surface area contributed by atoms with E-state index in [2.05, 4.69) is 0 Å². The monoisotopic (exact) mass is 353 g/mol. The molecule has 0 saturated heterocycles. The lowest BCUT2D eigenvalue weighted by atomic mass is 9.72. The second kappa shape index (κ2) is 8.13. The summed E-state index contributed by atoms with van der Waals surface area (Å²) in [7, 11) is 0. The first-order valence-corrected chi connectivity index (χ1v) is 9.04. The van der Waals surface area contributed by atoms with E-state index < -0.39 is 5.41 Å². The van der Waals surface area contributed by atoms with Gasteiger partial charge in [0.2, 0.25) is 6.54 Å². The predicted molar refractivity (Wildman–Crippen MR) is 99.5 cm³/mol. The molecule has 3 rings (SSSR count). The van der Waals surface area contributed by atoms with Crippen molar-refractivity contribution in [3.63, 3.8) is 0 Å². The van der Waals surface area contributed by atoms with Crippen molar-refractivity contribution in [2.24, 2.45) is 5.41 Å². The van der Waals surface area contributed by atoms with Crippen LogP contribution in [0.4, 0.5) is 0 Å². The molecule has 0 unspecified atom stereocenters. The van der Waals surface area contributed by atoms with Crippen molar-refractivity contribution >= 4 is 5.97 Å². The average molecular weight is 353 g/mol. The quantitative estimate of drug-likeness (QED) is 0.321. The van der Waals surface area contributed by atoms with Crippen molar-refractivity contribution in [2.45, 2.75) is 38.5 Å². The standard InChI is InChI=1S/C21H23NO4/c23-20(15-21(16-22(24)25)13-5-2-6-14-21)26-19-11-9-18(10-12-19)17-7-3-1-4-8-17/h1,3-4,7-12H,2,5-6,13-16H2. The summed E-state index contributed by atoms with van der Waals surface area (Å²) in [5.74, 6) is 0.0861. The van der Waals surface area contributed by atoms with Crippen molar-refractivity contribution in [3.05, 3.63) is 64.7 Å². The summed E-state index contributed by atoms with van der Waals surface area (Å²) in [6.45, 7) is -0.158. The Morgan fingerprint density at radius 3 is 2.19 bits per heavy atom. The Balaban J connectivity index is 1.64. The topological polar surface area (TPSA) is 69.4 Å². The predicted octanol–water partition coefficient (Wildman–Crippen LogP) is 4.88. The number of rotatable bonds is 6. The molecule has 0 N–H and O–H groups in total. The molecule has 26 heavy (non-hydrogen) atoms. The largest absolute Gasteiger partial charge is 0.427 e. The third-order valence-electron chi connectivity index (χ3n) is 5.09. The summed E-state index contributed by atoms with van der Waals surface area (Å²) in [4.78, 5) is 23.1. The molecular weight excluding hydrogens is 330 g/mol. The fraction of sp³-hybridized carbons (Fsp3) is 0.381. The lowest BCUT2D eigenvalue weighted by Crippen LogP contribution is -2.35. The van der Waals surface area contributed by atoms with Crippen LogP contribution in [0.1, 0.15) is 38.5 Å². The molecule has 0 amide bonds. The highest BCUT2D eigenvalue weighted by molar-refractivity contribution is 5.74. The zero-order valence-corrected chi connectivity index (χ0v) is 14.7. The van der Waals surface area contributed by atoms with E-state index >= 15 is 0 Å². The first-order valence-electron chi connectivity index (χ1n) is 9.04. The Kier molecular flexibility index (Phi) is 5.66. The third kappa shape index (κ3) is 4.69. The van der Waals surface area contributed by atoms with E-state index in [1.54, 1.807) is 12.1 Å². The van der Waals surface area contributed by atoms with Crippen LogP contribution in [-0.2, 0) is 4.79 Å². The van der Waals surface area contributed by atoms with E-state index in [0.29, 0.717) is 5.75 Å². The maximum atomic E-state index is 12.4. The number of hydrogen-bond donors (Lipinski definition) is 0. The molecule has 0 aromatic heterocycles. The molecule has 1 aliphatic rings. The van der Waals surface area contributed by atoms with Gasteiger partial charge in [-0.3, -0.25) is 14.9 Å². The molecule has 0 atom stereocenters. The summed E-state index contributed by atoms with van der Waals surface area (Å²) >= 11 is 0. The molecule has 2 aromatic carbocycles. The molecule has 0 spiro atoms. The van der Waals surface area contributed by atoms with Gasteiger partial charge in [0, 0.05) is 10.3 Å². The number of ether oxygens (including phenoxy) is 1. The zero-order chi connectivity index (χ0) is 18.4. The molecule has 5 nitrogen and oxygen atoms in total. The second-order valence-corrected chi connectivity index (χ2v) is 7.09. The Labute approximate surface area is 153 Å². The van der Waals surface area contributed by atoms with E-state index in [4.69, 9.17) is 4.74 Å². The number of hydrogen-bond acceptors (Lipinski definition) is 4. The Morgan fingerprint density at radius 1 is 0.962 bits per heavy atom. The molecule has 0 bridgehead atoms. The summed E-state index contributed by atoms with van der Waals surface area (Å²) in [5, 5.41) is 11.0. The Bertz CT molecular complexity index is 749. The van der Waals surface area contributed by atoms with Crippen LogP contribution in [0.3, 0.4) is 0 Å². The summed E-state index contributed by atoms with van der Waals surface area (Å²) in [5.41, 5.74) is 1.59. The van der Waals surface area contributed by atoms with Crippen LogP contribution in [0, 0.1) is 15.5 Å². The van der Waals surface area contributed by atoms with Crippen molar-refractivity contribution in [2.75, 3.05) is 6.54 Å². The second-order valence-electron chi connectivity index (χ2n) is 7.09. The number of esters is 1. The molecule has 1 aliphatic carbocycles. The minimum absolute atomic E-state index is 0.106. The van der Waals surface area contributed by atoms with Crippen LogP contribution in [-0.4, -0.2) is 17.4 Å². The van der Waals surface area contributed by atoms with Gasteiger partial charge in [0.25, 0.3) is 0 Å². The maximum absolute atomic E-state index is 12.4. The van der Waals surface area contributed by atoms with Gasteiger partial charge in [-0.05, 0) is 36.1 Å². The van der Waals surface area contributed by atoms with Crippen LogP contribution in [0.25, 0.3) is 11.1 Å². The summed E-state index contributed by atoms with van der Waals surface area (Å²) in [6.07, 6.45) is 4.50. The van der Waals surface area contributed by atoms with Gasteiger partial charge < -0.3 is 4.74 Å². The van der Waals surface area contributed by atoms with Crippen LogP contribution in [0.2, 0.25) is 0 Å². The fourth-order valence-corrected chi connectivity index (χ4v) is 3.79. The molecular formula is C21H23NO4. The first kappa shape index (κ1) is 18.1. The van der Waals surface area contributed by atoms with Crippen molar-refractivity contribution in [1.82, 2.24) is 0 Å². The van der Waals surface area contributed by atoms with Gasteiger partial charge in [-0.25, -0.2) is 0 Å². The molecule has 1 saturated carbocycles. The third-order valence-corrected chi connectivity index (χ3v) is 5.09. The highest BCUT2D eigenvalue weighted by Crippen LogP contribution is 2.40. The lowest BCUT2D eigenvalue weighted by Gasteiger charge is -2.32. The molecule has 1 fully saturated rings. The van der Waals surface area contributed by atoms with Gasteiger partial charge in [-0.1, -0.05) is 61.7 Å². The fourth-order valence-electron chi connectivity index (χ4n) is 3.79. The van der Waals surface area contributed by atoms with Gasteiger partial charge in [0.1, 0.15) is 5.75 Å². The Hall–Kier alpha value is -2.69. The molecule has 0 aliphatic heterocycles. The summed E-state index contributed by atoms with van der Waals surface area (Å²) < 4.78 is 5.45. The minimum Gasteiger partial charge on any atom is -0.427 e. The van der Waals surface area contributed by atoms with E-state index in [1.165, 1.54) is 0 Å². The van der Waals surface area contributed by atoms with Gasteiger partial charge in [-0.2, -0.15) is 0 Å². The van der Waals surface area contributed by atoms with Crippen molar-refractivity contribution in [1.29, 1.82) is 0 Å². The molecule has 0 heterocycles. The van der Waals surface area contributed by atoms with E-state index in [9.17, 15) is 14.9 Å². The zero-order valence-electron chi connectivity index (χ0n) is 14.7. The molecule has 136 valence electrons. The normalized spacial score (nSPS) is 16.0. The van der Waals surface area contributed by atoms with E-state index in [0.717, 1.165) is 43.2 Å². The lowest BCUT2D eigenvalue weighted by molar-refractivity contribution is -0.498. The van der Waals surface area contributed by atoms with Crippen molar-refractivity contribution < 1.29 is 14.5 Å². The van der Waals surface area contributed by atoms with Crippen LogP contribution in [0.15, 0.2) is 54.6 Å². The maximum Gasteiger partial charge on any atom is 0.312 e. The van der Waals surface area contributed by atoms with Crippen molar-refractivity contribution in [3.8, 4) is 16.9 Å². The molecule has 5 heteroatoms. The first-order chi connectivity index (χ1) is 12.6. The number of nitro groups is 1. The van der Waals surface area contributed by atoms with E-state index in [-0.39, 0.29) is 23.9 Å². The van der Waals surface area contributed by atoms with E-state index in [1.807, 2.05) is 42.5 Å². The SMILES string of the molecule is O=C(CC1(C[N+](=O)[O-])CCCCC1)Oc1ccc(-c2ccccc2)cc1. The highest BCUT2D eigenvalue weighted by Gasteiger charge is 2.39. The number of carbonyl (C=O) groups is 1. The molecule has 2 aromatic rings. The van der Waals surface area contributed by atoms with Crippen LogP contribution in [0.5, 0.6) is 5.75 Å². The van der Waals surface area contributed by atoms with Gasteiger partial charge >= 0.3 is 5.97 Å². The smallest absolute Gasteiger partial charge is 0.312 e. The minimum atomic E-state index is -0.553. The van der Waals surface area contributed by atoms with Gasteiger partial charge in [-0.15, -0.1) is 0 Å². The van der Waals surface area contributed by atoms with Crippen LogP contribution < -0.4 is 4.74 Å². The van der Waals surface area contributed by atoms with Gasteiger partial charge in [0.05, 0.1) is 6.42 Å². The Morgan fingerprint density at radius 2 is 1.58 bits per heavy atom. The summed E-state index contributed by atoms with van der Waals surface area (Å²) in [6, 6.07) is 17.3. The average Bonchev–Trinajstić information content (AvgIpc) is 2.63. The molecule has 0 radical (unpaired) electrons. The number of nitrogens with zero attached hydrogens (tertiary/aromatic N) is 1. The highest BCUT2D eigenvalue weighted by atomic mass is 16.6. The number of benzene rings is 2. The van der Waals surface area contributed by atoms with Crippen LogP contribution >= 0.6 is 0 Å².